The van der Waals surface area contributed by atoms with Gasteiger partial charge < -0.3 is 19.2 Å². The molecule has 42 heavy (non-hydrogen) atoms. The van der Waals surface area contributed by atoms with Gasteiger partial charge in [0.15, 0.2) is 23.9 Å². The van der Waals surface area contributed by atoms with Gasteiger partial charge in [-0.25, -0.2) is 9.37 Å². The summed E-state index contributed by atoms with van der Waals surface area (Å²) < 4.78 is 32.0. The van der Waals surface area contributed by atoms with Gasteiger partial charge in [-0.3, -0.25) is 9.59 Å². The molecule has 0 radical (unpaired) electrons. The summed E-state index contributed by atoms with van der Waals surface area (Å²) in [5.74, 6) is 0.177. The maximum atomic E-state index is 13.6. The Kier molecular flexibility index (Phi) is 7.17. The number of fused-ring (bicyclic) bond motifs is 2. The van der Waals surface area contributed by atoms with Crippen LogP contribution in [0.4, 0.5) is 10.1 Å². The quantitative estimate of drug-likeness (QED) is 0.233. The number of ether oxygens (including phenoxy) is 2. The fraction of sp³-hybridized carbons (Fsp3) is 0.0625. The summed E-state index contributed by atoms with van der Waals surface area (Å²) in [6.45, 7) is -0.389. The highest BCUT2D eigenvalue weighted by Crippen LogP contribution is 2.31. The predicted octanol–water partition coefficient (Wildman–Crippen LogP) is 5.86. The topological polar surface area (TPSA) is 108 Å². The highest BCUT2D eigenvalue weighted by atomic mass is 19.1. The molecule has 9 nitrogen and oxygen atoms in total. The van der Waals surface area contributed by atoms with E-state index in [-0.39, 0.29) is 18.2 Å². The molecule has 6 aromatic rings. The molecule has 6 rings (SSSR count). The van der Waals surface area contributed by atoms with Crippen molar-refractivity contribution < 1.29 is 23.1 Å². The Hall–Kier alpha value is -5.77. The molecule has 208 valence electrons. The number of rotatable bonds is 8. The zero-order chi connectivity index (χ0) is 29.1. The van der Waals surface area contributed by atoms with Crippen molar-refractivity contribution in [2.45, 2.75) is 0 Å². The minimum absolute atomic E-state index is 0.214. The summed E-state index contributed by atoms with van der Waals surface area (Å²) in [5, 5.41) is 8.31. The summed E-state index contributed by atoms with van der Waals surface area (Å²) in [4.78, 5) is 30.8. The average molecular weight is 563 g/mol. The van der Waals surface area contributed by atoms with Gasteiger partial charge in [0, 0.05) is 16.6 Å². The van der Waals surface area contributed by atoms with Gasteiger partial charge in [0.25, 0.3) is 11.5 Å². The van der Waals surface area contributed by atoms with Crippen LogP contribution in [0.5, 0.6) is 11.5 Å². The van der Waals surface area contributed by atoms with E-state index in [0.29, 0.717) is 39.2 Å². The number of carbonyl (C=O) groups excluding carboxylic acids is 1. The lowest BCUT2D eigenvalue weighted by Crippen LogP contribution is -2.21. The molecular weight excluding hydrogens is 539 g/mol. The minimum atomic E-state index is -0.503. The van der Waals surface area contributed by atoms with Gasteiger partial charge >= 0.3 is 0 Å². The highest BCUT2D eigenvalue weighted by Gasteiger charge is 2.17. The van der Waals surface area contributed by atoms with Crippen LogP contribution in [0, 0.1) is 5.82 Å². The molecular formula is C32H23FN4O5. The Balaban J connectivity index is 1.37. The van der Waals surface area contributed by atoms with Crippen LogP contribution in [0.1, 0.15) is 5.56 Å². The molecule has 0 saturated heterocycles. The largest absolute Gasteiger partial charge is 0.493 e. The molecule has 1 amide bonds. The summed E-state index contributed by atoms with van der Waals surface area (Å²) in [6, 6.07) is 26.9. The van der Waals surface area contributed by atoms with E-state index in [0.717, 1.165) is 5.39 Å². The summed E-state index contributed by atoms with van der Waals surface area (Å²) >= 11 is 0. The SMILES string of the molecule is COc1cccc(C=Nn2c(-c3cc4ccccc4o3)nc3ccccc3c2=O)c1OCC(=O)Nc1cccc(F)c1. The molecule has 2 aromatic heterocycles. The number of amides is 1. The average Bonchev–Trinajstić information content (AvgIpc) is 3.44. The zero-order valence-corrected chi connectivity index (χ0v) is 22.3. The number of halogens is 1. The van der Waals surface area contributed by atoms with Crippen LogP contribution in [0.25, 0.3) is 33.5 Å². The van der Waals surface area contributed by atoms with E-state index >= 15 is 0 Å². The fourth-order valence-corrected chi connectivity index (χ4v) is 4.45. The van der Waals surface area contributed by atoms with E-state index in [2.05, 4.69) is 10.4 Å². The molecule has 4 aromatic carbocycles. The molecule has 0 spiro atoms. The number of hydrogen-bond acceptors (Lipinski definition) is 7. The number of hydrogen-bond donors (Lipinski definition) is 1. The van der Waals surface area contributed by atoms with Crippen molar-refractivity contribution in [3.05, 3.63) is 119 Å². The number of para-hydroxylation sites is 3. The number of furan rings is 1. The number of nitrogens with zero attached hydrogens (tertiary/aromatic N) is 3. The number of benzene rings is 4. The first kappa shape index (κ1) is 26.5. The molecule has 0 bridgehead atoms. The Morgan fingerprint density at radius 3 is 2.67 bits per heavy atom. The van der Waals surface area contributed by atoms with E-state index in [1.165, 1.54) is 36.2 Å². The van der Waals surface area contributed by atoms with Crippen LogP contribution >= 0.6 is 0 Å². The van der Waals surface area contributed by atoms with E-state index < -0.39 is 17.3 Å². The molecule has 2 heterocycles. The van der Waals surface area contributed by atoms with Gasteiger partial charge in [0.1, 0.15) is 11.4 Å². The summed E-state index contributed by atoms with van der Waals surface area (Å²) in [6.07, 6.45) is 1.42. The summed E-state index contributed by atoms with van der Waals surface area (Å²) in [7, 11) is 1.47. The lowest BCUT2D eigenvalue weighted by atomic mass is 10.2. The van der Waals surface area contributed by atoms with Crippen molar-refractivity contribution in [2.24, 2.45) is 5.10 Å². The van der Waals surface area contributed by atoms with Gasteiger partial charge in [0.05, 0.1) is 24.2 Å². The Morgan fingerprint density at radius 2 is 1.83 bits per heavy atom. The normalized spacial score (nSPS) is 11.3. The minimum Gasteiger partial charge on any atom is -0.493 e. The van der Waals surface area contributed by atoms with Gasteiger partial charge in [0.2, 0.25) is 5.82 Å². The number of aromatic nitrogens is 2. The van der Waals surface area contributed by atoms with Crippen LogP contribution in [-0.2, 0) is 4.79 Å². The van der Waals surface area contributed by atoms with Crippen LogP contribution in [0.15, 0.2) is 111 Å². The van der Waals surface area contributed by atoms with E-state index in [1.54, 1.807) is 54.6 Å². The van der Waals surface area contributed by atoms with Crippen molar-refractivity contribution >= 4 is 39.7 Å². The predicted molar refractivity (Wildman–Crippen MR) is 158 cm³/mol. The third-order valence-corrected chi connectivity index (χ3v) is 6.40. The van der Waals surface area contributed by atoms with Crippen LogP contribution in [0.2, 0.25) is 0 Å². The second-order valence-corrected chi connectivity index (χ2v) is 9.19. The van der Waals surface area contributed by atoms with E-state index in [4.69, 9.17) is 18.9 Å². The second-order valence-electron chi connectivity index (χ2n) is 9.19. The first-order valence-corrected chi connectivity index (χ1v) is 12.9. The maximum absolute atomic E-state index is 13.6. The molecule has 0 unspecified atom stereocenters. The summed E-state index contributed by atoms with van der Waals surface area (Å²) in [5.41, 5.74) is 1.48. The molecule has 0 aliphatic heterocycles. The third-order valence-electron chi connectivity index (χ3n) is 6.40. The Labute approximate surface area is 238 Å². The first-order valence-electron chi connectivity index (χ1n) is 12.9. The highest BCUT2D eigenvalue weighted by molar-refractivity contribution is 5.92. The van der Waals surface area contributed by atoms with Crippen LogP contribution in [-0.4, -0.2) is 35.5 Å². The van der Waals surface area contributed by atoms with E-state index in [1.807, 2.05) is 24.3 Å². The molecule has 1 N–H and O–H groups in total. The standard InChI is InChI=1S/C32H23FN4O5/c1-40-27-15-6-9-21(30(27)41-19-29(38)35-23-11-7-10-22(33)17-23)18-34-37-31(28-16-20-8-2-5-14-26(20)42-28)36-25-13-4-3-12-24(25)32(37)39/h2-18H,19H2,1H3,(H,35,38). The number of carbonyl (C=O) groups is 1. The van der Waals surface area contributed by atoms with Crippen LogP contribution < -0.4 is 20.3 Å². The van der Waals surface area contributed by atoms with Crippen molar-refractivity contribution in [1.29, 1.82) is 0 Å². The Morgan fingerprint density at radius 1 is 1.02 bits per heavy atom. The van der Waals surface area contributed by atoms with Crippen LogP contribution in [0.3, 0.4) is 0 Å². The molecule has 10 heteroatoms. The Bertz CT molecular complexity index is 2000. The van der Waals surface area contributed by atoms with Crippen molar-refractivity contribution in [3.8, 4) is 23.1 Å². The maximum Gasteiger partial charge on any atom is 0.282 e. The lowest BCUT2D eigenvalue weighted by molar-refractivity contribution is -0.118. The smallest absolute Gasteiger partial charge is 0.282 e. The number of anilines is 1. The number of nitrogens with one attached hydrogen (secondary N) is 1. The van der Waals surface area contributed by atoms with Gasteiger partial charge in [-0.05, 0) is 54.6 Å². The van der Waals surface area contributed by atoms with Crippen molar-refractivity contribution in [1.82, 2.24) is 9.66 Å². The molecule has 0 saturated carbocycles. The monoisotopic (exact) mass is 562 g/mol. The zero-order valence-electron chi connectivity index (χ0n) is 22.3. The van der Waals surface area contributed by atoms with Gasteiger partial charge in [-0.15, -0.1) is 0 Å². The third kappa shape index (κ3) is 5.33. The van der Waals surface area contributed by atoms with Crippen molar-refractivity contribution in [2.75, 3.05) is 19.0 Å². The van der Waals surface area contributed by atoms with Crippen molar-refractivity contribution in [3.63, 3.8) is 0 Å². The van der Waals surface area contributed by atoms with Gasteiger partial charge in [-0.2, -0.15) is 9.78 Å². The number of methoxy groups -OCH3 is 1. The van der Waals surface area contributed by atoms with E-state index in [9.17, 15) is 14.0 Å². The molecule has 0 aliphatic rings. The second kappa shape index (κ2) is 11.4. The molecule has 0 fully saturated rings. The lowest BCUT2D eigenvalue weighted by Gasteiger charge is -2.13. The molecule has 0 atom stereocenters. The first-order chi connectivity index (χ1) is 20.5. The fourth-order valence-electron chi connectivity index (χ4n) is 4.45. The van der Waals surface area contributed by atoms with Gasteiger partial charge in [-0.1, -0.05) is 42.5 Å². The molecule has 0 aliphatic carbocycles.